The van der Waals surface area contributed by atoms with Gasteiger partial charge < -0.3 is 19.9 Å². The molecule has 0 aliphatic carbocycles. The molecular formula is C19H21NO5S. The predicted molar refractivity (Wildman–Crippen MR) is 97.5 cm³/mol. The number of hydrogen-bond acceptors (Lipinski definition) is 5. The molecule has 0 radical (unpaired) electrons. The fourth-order valence-corrected chi connectivity index (χ4v) is 3.42. The van der Waals surface area contributed by atoms with Gasteiger partial charge in [-0.25, -0.2) is 4.79 Å². The summed E-state index contributed by atoms with van der Waals surface area (Å²) in [4.78, 5) is 23.5. The summed E-state index contributed by atoms with van der Waals surface area (Å²) >= 11 is 0.970. The summed E-state index contributed by atoms with van der Waals surface area (Å²) < 4.78 is 11.2. The van der Waals surface area contributed by atoms with Gasteiger partial charge in [0.15, 0.2) is 0 Å². The van der Waals surface area contributed by atoms with Crippen molar-refractivity contribution in [2.75, 3.05) is 13.2 Å². The monoisotopic (exact) mass is 375 g/mol. The molecule has 0 atom stereocenters. The molecule has 3 rings (SSSR count). The number of nitrogens with one attached hydrogen (secondary N) is 1. The molecule has 138 valence electrons. The lowest BCUT2D eigenvalue weighted by Crippen LogP contribution is -2.23. The highest BCUT2D eigenvalue weighted by Crippen LogP contribution is 2.17. The third-order valence-corrected chi connectivity index (χ3v) is 5.24. The summed E-state index contributed by atoms with van der Waals surface area (Å²) in [7, 11) is 0. The second-order valence-electron chi connectivity index (χ2n) is 6.09. The number of amides is 1. The Hall–Kier alpha value is -2.22. The lowest BCUT2D eigenvalue weighted by Gasteiger charge is -2.22. The predicted octanol–water partition coefficient (Wildman–Crippen LogP) is 3.07. The minimum absolute atomic E-state index is 0.157. The summed E-state index contributed by atoms with van der Waals surface area (Å²) in [5.41, 5.74) is 2.07. The maximum Gasteiger partial charge on any atom is 0.345 e. The van der Waals surface area contributed by atoms with E-state index in [0.29, 0.717) is 18.0 Å². The minimum Gasteiger partial charge on any atom is -0.477 e. The molecule has 1 aromatic carbocycles. The number of carboxylic acid groups (broad SMARTS) is 1. The molecule has 2 heterocycles. The van der Waals surface area contributed by atoms with Crippen molar-refractivity contribution >= 4 is 23.2 Å². The van der Waals surface area contributed by atoms with Crippen molar-refractivity contribution in [2.24, 2.45) is 0 Å². The van der Waals surface area contributed by atoms with Crippen molar-refractivity contribution in [2.45, 2.75) is 32.1 Å². The number of ether oxygens (including phenoxy) is 2. The molecule has 6 nitrogen and oxygen atoms in total. The summed E-state index contributed by atoms with van der Waals surface area (Å²) in [5.74, 6) is -1.29. The lowest BCUT2D eigenvalue weighted by molar-refractivity contribution is -0.0390. The quantitative estimate of drug-likeness (QED) is 0.777. The van der Waals surface area contributed by atoms with Gasteiger partial charge in [0.2, 0.25) is 0 Å². The molecule has 1 saturated heterocycles. The Balaban J connectivity index is 1.46. The van der Waals surface area contributed by atoms with Crippen molar-refractivity contribution in [3.05, 3.63) is 57.3 Å². The van der Waals surface area contributed by atoms with E-state index < -0.39 is 5.97 Å². The van der Waals surface area contributed by atoms with E-state index in [1.165, 1.54) is 12.1 Å². The molecular weight excluding hydrogens is 354 g/mol. The van der Waals surface area contributed by atoms with Crippen LogP contribution in [0.2, 0.25) is 0 Å². The third kappa shape index (κ3) is 5.14. The number of carboxylic acids is 1. The van der Waals surface area contributed by atoms with Crippen LogP contribution in [0.3, 0.4) is 0 Å². The highest BCUT2D eigenvalue weighted by Gasteiger charge is 2.14. The fourth-order valence-electron chi connectivity index (χ4n) is 2.65. The maximum absolute atomic E-state index is 12.1. The zero-order valence-corrected chi connectivity index (χ0v) is 15.1. The van der Waals surface area contributed by atoms with Crippen LogP contribution in [-0.4, -0.2) is 36.3 Å². The summed E-state index contributed by atoms with van der Waals surface area (Å²) in [6.45, 7) is 2.49. The number of thiophene rings is 1. The number of carbonyl (C=O) groups excluding carboxylic acids is 1. The summed E-state index contributed by atoms with van der Waals surface area (Å²) in [6.07, 6.45) is 2.15. The van der Waals surface area contributed by atoms with Crippen molar-refractivity contribution in [1.29, 1.82) is 0 Å². The number of aromatic carboxylic acids is 1. The summed E-state index contributed by atoms with van der Waals surface area (Å²) in [6, 6.07) is 10.9. The van der Waals surface area contributed by atoms with Gasteiger partial charge in [-0.3, -0.25) is 4.79 Å². The molecule has 1 aliphatic heterocycles. The van der Waals surface area contributed by atoms with Crippen LogP contribution < -0.4 is 5.32 Å². The zero-order valence-electron chi connectivity index (χ0n) is 14.3. The fraction of sp³-hybridized carbons (Fsp3) is 0.368. The normalized spacial score (nSPS) is 14.9. The molecule has 0 spiro atoms. The molecule has 1 amide bonds. The summed E-state index contributed by atoms with van der Waals surface area (Å²) in [5, 5.41) is 11.7. The molecule has 1 aliphatic rings. The standard InChI is InChI=1S/C19H21NO5S/c21-18(16-5-6-17(26-16)19(22)23)20-11-13-1-3-14(4-2-13)12-25-15-7-9-24-10-8-15/h1-6,15H,7-12H2,(H,20,21)(H,22,23). The average molecular weight is 375 g/mol. The average Bonchev–Trinajstić information content (AvgIpc) is 3.17. The van der Waals surface area contributed by atoms with E-state index in [9.17, 15) is 9.59 Å². The Bertz CT molecular complexity index is 750. The van der Waals surface area contributed by atoms with Gasteiger partial charge in [0.25, 0.3) is 5.91 Å². The highest BCUT2D eigenvalue weighted by molar-refractivity contribution is 7.15. The Morgan fingerprint density at radius 3 is 2.38 bits per heavy atom. The number of hydrogen-bond donors (Lipinski definition) is 2. The minimum atomic E-state index is -1.02. The van der Waals surface area contributed by atoms with Gasteiger partial charge >= 0.3 is 5.97 Å². The largest absolute Gasteiger partial charge is 0.477 e. The van der Waals surface area contributed by atoms with Crippen LogP contribution in [0.25, 0.3) is 0 Å². The van der Waals surface area contributed by atoms with Gasteiger partial charge in [-0.1, -0.05) is 24.3 Å². The molecule has 1 aromatic heterocycles. The van der Waals surface area contributed by atoms with Gasteiger partial charge in [-0.15, -0.1) is 11.3 Å². The molecule has 7 heteroatoms. The highest BCUT2D eigenvalue weighted by atomic mass is 32.1. The molecule has 2 N–H and O–H groups in total. The Labute approximate surface area is 155 Å². The maximum atomic E-state index is 12.1. The zero-order chi connectivity index (χ0) is 18.4. The van der Waals surface area contributed by atoms with E-state index in [4.69, 9.17) is 14.6 Å². The Morgan fingerprint density at radius 1 is 1.08 bits per heavy atom. The number of benzene rings is 1. The van der Waals surface area contributed by atoms with E-state index in [2.05, 4.69) is 5.32 Å². The van der Waals surface area contributed by atoms with E-state index in [0.717, 1.165) is 48.5 Å². The molecule has 0 unspecified atom stereocenters. The third-order valence-electron chi connectivity index (χ3n) is 4.17. The first-order valence-corrected chi connectivity index (χ1v) is 9.32. The second-order valence-corrected chi connectivity index (χ2v) is 7.17. The van der Waals surface area contributed by atoms with Gasteiger partial charge in [-0.2, -0.15) is 0 Å². The van der Waals surface area contributed by atoms with Crippen molar-refractivity contribution in [1.82, 2.24) is 5.32 Å². The smallest absolute Gasteiger partial charge is 0.345 e. The Kier molecular flexibility index (Phi) is 6.38. The SMILES string of the molecule is O=C(O)c1ccc(C(=O)NCc2ccc(COC3CCOCC3)cc2)s1. The van der Waals surface area contributed by atoms with Crippen molar-refractivity contribution in [3.8, 4) is 0 Å². The lowest BCUT2D eigenvalue weighted by atomic mass is 10.1. The van der Waals surface area contributed by atoms with Crippen LogP contribution in [0.4, 0.5) is 0 Å². The van der Waals surface area contributed by atoms with E-state index in [-0.39, 0.29) is 16.9 Å². The van der Waals surface area contributed by atoms with E-state index in [1.807, 2.05) is 24.3 Å². The van der Waals surface area contributed by atoms with Crippen LogP contribution >= 0.6 is 11.3 Å². The van der Waals surface area contributed by atoms with Crippen LogP contribution in [0, 0.1) is 0 Å². The van der Waals surface area contributed by atoms with Crippen molar-refractivity contribution < 1.29 is 24.2 Å². The van der Waals surface area contributed by atoms with Gasteiger partial charge in [0.1, 0.15) is 4.88 Å². The molecule has 0 bridgehead atoms. The first-order valence-electron chi connectivity index (χ1n) is 8.50. The van der Waals surface area contributed by atoms with Crippen LogP contribution in [-0.2, 0) is 22.6 Å². The first kappa shape index (κ1) is 18.6. The van der Waals surface area contributed by atoms with Crippen LogP contribution in [0.15, 0.2) is 36.4 Å². The number of rotatable bonds is 7. The van der Waals surface area contributed by atoms with Crippen LogP contribution in [0.1, 0.15) is 43.3 Å². The first-order chi connectivity index (χ1) is 12.6. The topological polar surface area (TPSA) is 84.9 Å². The van der Waals surface area contributed by atoms with Gasteiger partial charge in [-0.05, 0) is 36.1 Å². The van der Waals surface area contributed by atoms with Crippen LogP contribution in [0.5, 0.6) is 0 Å². The molecule has 26 heavy (non-hydrogen) atoms. The Morgan fingerprint density at radius 2 is 1.73 bits per heavy atom. The molecule has 0 saturated carbocycles. The molecule has 2 aromatic rings. The number of carbonyl (C=O) groups is 2. The van der Waals surface area contributed by atoms with E-state index >= 15 is 0 Å². The van der Waals surface area contributed by atoms with Crippen molar-refractivity contribution in [3.63, 3.8) is 0 Å². The van der Waals surface area contributed by atoms with Gasteiger partial charge in [0, 0.05) is 19.8 Å². The van der Waals surface area contributed by atoms with Gasteiger partial charge in [0.05, 0.1) is 17.6 Å². The van der Waals surface area contributed by atoms with E-state index in [1.54, 1.807) is 0 Å². The molecule has 1 fully saturated rings. The second kappa shape index (κ2) is 8.93.